The second kappa shape index (κ2) is 4.93. The zero-order chi connectivity index (χ0) is 11.3. The number of hydrogen-bond donors (Lipinski definition) is 0. The highest BCUT2D eigenvalue weighted by Gasteiger charge is 2.08. The molecule has 0 unspecified atom stereocenters. The van der Waals surface area contributed by atoms with E-state index in [1.807, 2.05) is 23.9 Å². The first-order valence-electron chi connectivity index (χ1n) is 4.93. The van der Waals surface area contributed by atoms with Gasteiger partial charge in [0, 0.05) is 0 Å². The van der Waals surface area contributed by atoms with Crippen molar-refractivity contribution in [1.29, 1.82) is 0 Å². The molecule has 0 fully saturated rings. The molecule has 1 aromatic carbocycles. The van der Waals surface area contributed by atoms with Crippen molar-refractivity contribution in [2.24, 2.45) is 0 Å². The van der Waals surface area contributed by atoms with Crippen LogP contribution in [0.15, 0.2) is 42.3 Å². The van der Waals surface area contributed by atoms with Gasteiger partial charge in [0.1, 0.15) is 0 Å². The van der Waals surface area contributed by atoms with Crippen LogP contribution in [0.1, 0.15) is 10.4 Å². The Bertz CT molecular complexity index is 350. The molecule has 0 spiro atoms. The Labute approximate surface area is 91.6 Å². The van der Waals surface area contributed by atoms with Crippen molar-refractivity contribution < 1.29 is 9.53 Å². The minimum Gasteiger partial charge on any atom is -0.432 e. The Balaban J connectivity index is 2.55. The van der Waals surface area contributed by atoms with Crippen molar-refractivity contribution in [3.8, 4) is 0 Å². The van der Waals surface area contributed by atoms with Crippen LogP contribution in [0.4, 0.5) is 0 Å². The molecule has 0 aliphatic rings. The van der Waals surface area contributed by atoms with Crippen molar-refractivity contribution in [2.45, 2.75) is 19.6 Å². The molecule has 0 N–H and O–H groups in total. The maximum atomic E-state index is 11.5. The molecule has 0 amide bonds. The van der Waals surface area contributed by atoms with Crippen LogP contribution in [0.2, 0.25) is 19.6 Å². The minimum absolute atomic E-state index is 0.301. The van der Waals surface area contributed by atoms with Crippen molar-refractivity contribution in [3.05, 3.63) is 47.9 Å². The summed E-state index contributed by atoms with van der Waals surface area (Å²) in [4.78, 5) is 11.5. The van der Waals surface area contributed by atoms with Crippen molar-refractivity contribution in [1.82, 2.24) is 0 Å². The molecule has 0 aromatic heterocycles. The Morgan fingerprint density at radius 2 is 1.80 bits per heavy atom. The number of hydrogen-bond acceptors (Lipinski definition) is 2. The molecule has 0 heterocycles. The number of benzene rings is 1. The first-order valence-corrected chi connectivity index (χ1v) is 8.50. The van der Waals surface area contributed by atoms with Gasteiger partial charge in [-0.3, -0.25) is 0 Å². The molecule has 0 saturated heterocycles. The lowest BCUT2D eigenvalue weighted by atomic mass is 10.2. The van der Waals surface area contributed by atoms with E-state index < -0.39 is 8.07 Å². The molecule has 0 bridgehead atoms. The van der Waals surface area contributed by atoms with Crippen molar-refractivity contribution >= 4 is 14.0 Å². The summed E-state index contributed by atoms with van der Waals surface area (Å²) in [7, 11) is -1.28. The van der Waals surface area contributed by atoms with E-state index in [1.165, 1.54) is 6.26 Å². The molecular weight excluding hydrogens is 204 g/mol. The van der Waals surface area contributed by atoms with Gasteiger partial charge in [0.2, 0.25) is 0 Å². The number of ether oxygens (including phenoxy) is 1. The first-order chi connectivity index (χ1) is 6.99. The first kappa shape index (κ1) is 11.7. The zero-order valence-electron chi connectivity index (χ0n) is 9.36. The fraction of sp³-hybridized carbons (Fsp3) is 0.250. The second-order valence-electron chi connectivity index (χ2n) is 4.44. The summed E-state index contributed by atoms with van der Waals surface area (Å²) in [6.07, 6.45) is 1.52. The maximum Gasteiger partial charge on any atom is 0.342 e. The molecule has 1 aromatic rings. The fourth-order valence-corrected chi connectivity index (χ4v) is 1.42. The largest absolute Gasteiger partial charge is 0.432 e. The number of carbonyl (C=O) groups is 1. The third kappa shape index (κ3) is 4.60. The predicted molar refractivity (Wildman–Crippen MR) is 64.3 cm³/mol. The molecule has 0 aliphatic heterocycles. The van der Waals surface area contributed by atoms with E-state index in [-0.39, 0.29) is 5.97 Å². The van der Waals surface area contributed by atoms with Gasteiger partial charge in [0.15, 0.2) is 0 Å². The smallest absolute Gasteiger partial charge is 0.342 e. The van der Waals surface area contributed by atoms with Crippen LogP contribution in [0.25, 0.3) is 0 Å². The van der Waals surface area contributed by atoms with Crippen molar-refractivity contribution in [3.63, 3.8) is 0 Å². The summed E-state index contributed by atoms with van der Waals surface area (Å²) in [6.45, 7) is 6.54. The van der Waals surface area contributed by atoms with Crippen LogP contribution in [-0.2, 0) is 4.74 Å². The third-order valence-electron chi connectivity index (χ3n) is 1.75. The Morgan fingerprint density at radius 3 is 2.33 bits per heavy atom. The molecule has 0 saturated carbocycles. The highest BCUT2D eigenvalue weighted by Crippen LogP contribution is 2.04. The van der Waals surface area contributed by atoms with Crippen LogP contribution < -0.4 is 0 Å². The van der Waals surface area contributed by atoms with Crippen LogP contribution in [-0.4, -0.2) is 14.0 Å². The average Bonchev–Trinajstić information content (AvgIpc) is 2.17. The molecule has 1 rings (SSSR count). The maximum absolute atomic E-state index is 11.5. The lowest BCUT2D eigenvalue weighted by molar-refractivity contribution is 0.0663. The topological polar surface area (TPSA) is 26.3 Å². The van der Waals surface area contributed by atoms with Gasteiger partial charge in [0.25, 0.3) is 0 Å². The van der Waals surface area contributed by atoms with Gasteiger partial charge >= 0.3 is 5.97 Å². The molecule has 2 nitrogen and oxygen atoms in total. The molecule has 3 heteroatoms. The van der Waals surface area contributed by atoms with E-state index in [4.69, 9.17) is 4.74 Å². The number of carbonyl (C=O) groups excluding carboxylic acids is 1. The normalized spacial score (nSPS) is 11.7. The molecule has 80 valence electrons. The third-order valence-corrected chi connectivity index (χ3v) is 2.89. The van der Waals surface area contributed by atoms with Crippen molar-refractivity contribution in [2.75, 3.05) is 0 Å². The standard InChI is InChI=1S/C12H16O2Si/c1-15(2,3)10-9-14-12(13)11-7-5-4-6-8-11/h4-10H,1-3H3/b10-9-. The van der Waals surface area contributed by atoms with Gasteiger partial charge in [0.05, 0.1) is 19.9 Å². The van der Waals surface area contributed by atoms with E-state index in [1.54, 1.807) is 12.1 Å². The van der Waals surface area contributed by atoms with Crippen LogP contribution >= 0.6 is 0 Å². The van der Waals surface area contributed by atoms with E-state index >= 15 is 0 Å². The zero-order valence-corrected chi connectivity index (χ0v) is 10.4. The van der Waals surface area contributed by atoms with Crippen LogP contribution in [0.3, 0.4) is 0 Å². The predicted octanol–water partition coefficient (Wildman–Crippen LogP) is 3.23. The number of rotatable bonds is 3. The molecular formula is C12H16O2Si. The second-order valence-corrected chi connectivity index (χ2v) is 9.51. The van der Waals surface area contributed by atoms with Gasteiger partial charge in [-0.05, 0) is 12.1 Å². The fourth-order valence-electron chi connectivity index (χ4n) is 0.942. The van der Waals surface area contributed by atoms with E-state index in [0.29, 0.717) is 5.56 Å². The van der Waals surface area contributed by atoms with Crippen LogP contribution in [0.5, 0.6) is 0 Å². The summed E-state index contributed by atoms with van der Waals surface area (Å²) < 4.78 is 5.02. The summed E-state index contributed by atoms with van der Waals surface area (Å²) in [5.41, 5.74) is 2.58. The highest BCUT2D eigenvalue weighted by molar-refractivity contribution is 6.80. The van der Waals surface area contributed by atoms with Crippen LogP contribution in [0, 0.1) is 0 Å². The summed E-state index contributed by atoms with van der Waals surface area (Å²) in [5.74, 6) is -0.301. The summed E-state index contributed by atoms with van der Waals surface area (Å²) >= 11 is 0. The summed E-state index contributed by atoms with van der Waals surface area (Å²) in [6, 6.07) is 8.99. The molecule has 0 atom stereocenters. The Kier molecular flexibility index (Phi) is 3.86. The minimum atomic E-state index is -1.28. The molecule has 0 radical (unpaired) electrons. The highest BCUT2D eigenvalue weighted by atomic mass is 28.3. The Hall–Kier alpha value is -1.35. The molecule has 0 aliphatic carbocycles. The average molecular weight is 220 g/mol. The van der Waals surface area contributed by atoms with Gasteiger partial charge in [-0.15, -0.1) is 0 Å². The van der Waals surface area contributed by atoms with E-state index in [2.05, 4.69) is 19.6 Å². The monoisotopic (exact) mass is 220 g/mol. The van der Waals surface area contributed by atoms with Gasteiger partial charge < -0.3 is 4.74 Å². The molecule has 15 heavy (non-hydrogen) atoms. The van der Waals surface area contributed by atoms with Gasteiger partial charge in [-0.25, -0.2) is 4.79 Å². The Morgan fingerprint density at radius 1 is 1.20 bits per heavy atom. The number of esters is 1. The van der Waals surface area contributed by atoms with Gasteiger partial charge in [-0.1, -0.05) is 43.5 Å². The van der Waals surface area contributed by atoms with Gasteiger partial charge in [-0.2, -0.15) is 0 Å². The van der Waals surface area contributed by atoms with E-state index in [9.17, 15) is 4.79 Å². The summed E-state index contributed by atoms with van der Waals surface area (Å²) in [5, 5.41) is 0. The lowest BCUT2D eigenvalue weighted by Gasteiger charge is -2.07. The van der Waals surface area contributed by atoms with E-state index in [0.717, 1.165) is 0 Å². The lowest BCUT2D eigenvalue weighted by Crippen LogP contribution is -2.16. The quantitative estimate of drug-likeness (QED) is 0.444. The SMILES string of the molecule is C[Si](C)(C)/C=C\OC(=O)c1ccccc1.